The Bertz CT molecular complexity index is 1130. The third-order valence-corrected chi connectivity index (χ3v) is 4.95. The number of hydrogen-bond acceptors (Lipinski definition) is 6. The van der Waals surface area contributed by atoms with Crippen molar-refractivity contribution in [2.75, 3.05) is 26.0 Å². The number of fused-ring (bicyclic) bond motifs is 1. The Labute approximate surface area is 169 Å². The molecular formula is C23H22N4O2. The monoisotopic (exact) mass is 386 g/mol. The Morgan fingerprint density at radius 2 is 1.93 bits per heavy atom. The average molecular weight is 386 g/mol. The van der Waals surface area contributed by atoms with E-state index in [1.807, 2.05) is 49.3 Å². The molecule has 0 radical (unpaired) electrons. The van der Waals surface area contributed by atoms with Crippen LogP contribution >= 0.6 is 0 Å². The molecule has 4 rings (SSSR count). The summed E-state index contributed by atoms with van der Waals surface area (Å²) in [5.74, 6) is 1.75. The summed E-state index contributed by atoms with van der Waals surface area (Å²) < 4.78 is 11.4. The highest BCUT2D eigenvalue weighted by Gasteiger charge is 2.20. The van der Waals surface area contributed by atoms with Crippen LogP contribution in [0.5, 0.6) is 0 Å². The van der Waals surface area contributed by atoms with Crippen LogP contribution in [0.3, 0.4) is 0 Å². The van der Waals surface area contributed by atoms with Crippen molar-refractivity contribution in [3.63, 3.8) is 0 Å². The number of rotatable bonds is 7. The van der Waals surface area contributed by atoms with Crippen LogP contribution in [0.15, 0.2) is 69.7 Å². The molecule has 6 nitrogen and oxygen atoms in total. The summed E-state index contributed by atoms with van der Waals surface area (Å²) in [5.41, 5.74) is 1.37. The maximum atomic E-state index is 9.49. The van der Waals surface area contributed by atoms with E-state index in [0.717, 1.165) is 16.7 Å². The van der Waals surface area contributed by atoms with E-state index in [4.69, 9.17) is 8.83 Å². The first-order valence-electron chi connectivity index (χ1n) is 9.46. The van der Waals surface area contributed by atoms with E-state index in [1.165, 1.54) is 5.39 Å². The lowest BCUT2D eigenvalue weighted by Crippen LogP contribution is -2.26. The Morgan fingerprint density at radius 1 is 1.10 bits per heavy atom. The molecule has 0 aliphatic carbocycles. The number of oxazole rings is 1. The van der Waals surface area contributed by atoms with Gasteiger partial charge < -0.3 is 14.2 Å². The molecule has 0 saturated heterocycles. The van der Waals surface area contributed by atoms with E-state index in [-0.39, 0.29) is 11.7 Å². The van der Waals surface area contributed by atoms with Crippen molar-refractivity contribution in [2.45, 2.75) is 12.5 Å². The largest absolute Gasteiger partial charge is 0.468 e. The summed E-state index contributed by atoms with van der Waals surface area (Å²) in [5, 5.41) is 15.0. The van der Waals surface area contributed by atoms with Crippen LogP contribution in [0.25, 0.3) is 10.8 Å². The first kappa shape index (κ1) is 18.8. The molecule has 0 aliphatic heterocycles. The van der Waals surface area contributed by atoms with Gasteiger partial charge in [0.05, 0.1) is 18.7 Å². The molecule has 0 aliphatic rings. The van der Waals surface area contributed by atoms with Gasteiger partial charge in [-0.05, 0) is 42.6 Å². The molecule has 1 atom stereocenters. The van der Waals surface area contributed by atoms with E-state index in [2.05, 4.69) is 40.6 Å². The van der Waals surface area contributed by atoms with Crippen molar-refractivity contribution in [3.05, 3.63) is 83.8 Å². The topological polar surface area (TPSA) is 78.2 Å². The molecule has 2 aromatic carbocycles. The second-order valence-corrected chi connectivity index (χ2v) is 7.09. The molecule has 0 fully saturated rings. The van der Waals surface area contributed by atoms with Crippen molar-refractivity contribution in [3.8, 4) is 6.07 Å². The first-order valence-corrected chi connectivity index (χ1v) is 9.46. The van der Waals surface area contributed by atoms with Gasteiger partial charge in [0.2, 0.25) is 17.5 Å². The number of hydrogen-bond donors (Lipinski definition) is 1. The molecule has 0 unspecified atom stereocenters. The van der Waals surface area contributed by atoms with Crippen molar-refractivity contribution in [2.24, 2.45) is 0 Å². The number of anilines is 1. The van der Waals surface area contributed by atoms with Gasteiger partial charge in [-0.15, -0.1) is 0 Å². The second kappa shape index (κ2) is 8.21. The Balaban J connectivity index is 1.55. The highest BCUT2D eigenvalue weighted by atomic mass is 16.4. The predicted molar refractivity (Wildman–Crippen MR) is 112 cm³/mol. The van der Waals surface area contributed by atoms with Crippen LogP contribution in [0.1, 0.15) is 29.0 Å². The Hall–Kier alpha value is -3.56. The normalized spacial score (nSPS) is 12.2. The lowest BCUT2D eigenvalue weighted by molar-refractivity contribution is 0.268. The minimum Gasteiger partial charge on any atom is -0.468 e. The maximum absolute atomic E-state index is 9.49. The minimum absolute atomic E-state index is 0.00293. The summed E-state index contributed by atoms with van der Waals surface area (Å²) in [6.45, 7) is 0.526. The number of nitrogens with one attached hydrogen (secondary N) is 1. The third-order valence-electron chi connectivity index (χ3n) is 4.95. The van der Waals surface area contributed by atoms with E-state index < -0.39 is 0 Å². The Morgan fingerprint density at radius 3 is 2.69 bits per heavy atom. The lowest BCUT2D eigenvalue weighted by atomic mass is 10.0. The van der Waals surface area contributed by atoms with Gasteiger partial charge in [0.1, 0.15) is 11.8 Å². The standard InChI is InChI=1S/C23H22N4O2/c1-27(2)20(21-11-6-12-28-21)15-25-23-19(14-24)26-22(29-23)13-17-9-5-8-16-7-3-4-10-18(16)17/h3-12,20,25H,13,15H2,1-2H3/t20-/m1/s1. The zero-order chi connectivity index (χ0) is 20.2. The van der Waals surface area contributed by atoms with Crippen molar-refractivity contribution in [1.82, 2.24) is 9.88 Å². The highest BCUT2D eigenvalue weighted by molar-refractivity contribution is 5.85. The summed E-state index contributed by atoms with van der Waals surface area (Å²) in [7, 11) is 3.96. The van der Waals surface area contributed by atoms with Gasteiger partial charge in [-0.1, -0.05) is 42.5 Å². The number of nitrogens with zero attached hydrogens (tertiary/aromatic N) is 3. The van der Waals surface area contributed by atoms with Crippen LogP contribution < -0.4 is 5.32 Å². The van der Waals surface area contributed by atoms with Crippen LogP contribution in [0.4, 0.5) is 5.88 Å². The summed E-state index contributed by atoms with van der Waals surface area (Å²) >= 11 is 0. The molecule has 0 saturated carbocycles. The molecular weight excluding hydrogens is 364 g/mol. The molecule has 2 aromatic heterocycles. The second-order valence-electron chi connectivity index (χ2n) is 7.09. The minimum atomic E-state index is 0.00293. The van der Waals surface area contributed by atoms with Crippen molar-refractivity contribution >= 4 is 16.7 Å². The van der Waals surface area contributed by atoms with Crippen molar-refractivity contribution < 1.29 is 8.83 Å². The van der Waals surface area contributed by atoms with E-state index in [1.54, 1.807) is 6.26 Å². The quantitative estimate of drug-likeness (QED) is 0.500. The van der Waals surface area contributed by atoms with Gasteiger partial charge in [-0.2, -0.15) is 5.26 Å². The van der Waals surface area contributed by atoms with E-state index in [9.17, 15) is 5.26 Å². The fourth-order valence-electron chi connectivity index (χ4n) is 3.45. The lowest BCUT2D eigenvalue weighted by Gasteiger charge is -2.22. The molecule has 29 heavy (non-hydrogen) atoms. The zero-order valence-electron chi connectivity index (χ0n) is 16.4. The molecule has 4 aromatic rings. The average Bonchev–Trinajstić information content (AvgIpc) is 3.38. The summed E-state index contributed by atoms with van der Waals surface area (Å²) in [4.78, 5) is 6.44. The van der Waals surface area contributed by atoms with Crippen LogP contribution in [-0.4, -0.2) is 30.5 Å². The SMILES string of the molecule is CN(C)[C@H](CNc1oc(Cc2cccc3ccccc23)nc1C#N)c1ccco1. The zero-order valence-corrected chi connectivity index (χ0v) is 16.4. The van der Waals surface area contributed by atoms with Gasteiger partial charge in [0.25, 0.3) is 0 Å². The van der Waals surface area contributed by atoms with E-state index in [0.29, 0.717) is 24.7 Å². The fourth-order valence-corrected chi connectivity index (χ4v) is 3.45. The third kappa shape index (κ3) is 4.00. The molecule has 2 heterocycles. The Kier molecular flexibility index (Phi) is 5.32. The van der Waals surface area contributed by atoms with Crippen LogP contribution in [-0.2, 0) is 6.42 Å². The van der Waals surface area contributed by atoms with Gasteiger partial charge in [0, 0.05) is 6.54 Å². The van der Waals surface area contributed by atoms with Gasteiger partial charge in [0.15, 0.2) is 0 Å². The highest BCUT2D eigenvalue weighted by Crippen LogP contribution is 2.25. The smallest absolute Gasteiger partial charge is 0.232 e. The molecule has 0 bridgehead atoms. The molecule has 146 valence electrons. The van der Waals surface area contributed by atoms with Gasteiger partial charge >= 0.3 is 0 Å². The first-order chi connectivity index (χ1) is 14.2. The van der Waals surface area contributed by atoms with Gasteiger partial charge in [-0.25, -0.2) is 4.98 Å². The maximum Gasteiger partial charge on any atom is 0.232 e. The molecule has 6 heteroatoms. The predicted octanol–water partition coefficient (Wildman–Crippen LogP) is 4.60. The number of benzene rings is 2. The summed E-state index contributed by atoms with van der Waals surface area (Å²) in [6, 6.07) is 20.3. The number of likely N-dealkylation sites (N-methyl/N-ethyl adjacent to an activating group) is 1. The summed E-state index contributed by atoms with van der Waals surface area (Å²) in [6.07, 6.45) is 2.18. The van der Waals surface area contributed by atoms with Crippen LogP contribution in [0, 0.1) is 11.3 Å². The molecule has 0 spiro atoms. The van der Waals surface area contributed by atoms with Gasteiger partial charge in [-0.3, -0.25) is 4.90 Å². The number of nitriles is 1. The van der Waals surface area contributed by atoms with Crippen molar-refractivity contribution in [1.29, 1.82) is 5.26 Å². The van der Waals surface area contributed by atoms with E-state index >= 15 is 0 Å². The fraction of sp³-hybridized carbons (Fsp3) is 0.217. The number of aromatic nitrogens is 1. The number of furan rings is 1. The molecule has 1 N–H and O–H groups in total. The van der Waals surface area contributed by atoms with Crippen LogP contribution in [0.2, 0.25) is 0 Å². The molecule has 0 amide bonds.